The summed E-state index contributed by atoms with van der Waals surface area (Å²) in [5.41, 5.74) is 0. The molecular formula is C14H18N4O2. The van der Waals surface area contributed by atoms with Gasteiger partial charge in [-0.05, 0) is 44.0 Å². The van der Waals surface area contributed by atoms with E-state index >= 15 is 0 Å². The molecular weight excluding hydrogens is 256 g/mol. The number of hydrogen-bond acceptors (Lipinski definition) is 6. The molecule has 2 aromatic rings. The molecule has 106 valence electrons. The Balaban J connectivity index is 1.47. The predicted octanol–water partition coefficient (Wildman–Crippen LogP) is 1.37. The minimum absolute atomic E-state index is 0.527. The van der Waals surface area contributed by atoms with Crippen molar-refractivity contribution in [1.82, 2.24) is 20.4 Å². The Morgan fingerprint density at radius 2 is 2.40 bits per heavy atom. The first-order valence-corrected chi connectivity index (χ1v) is 7.12. The monoisotopic (exact) mass is 274 g/mol. The molecule has 0 aliphatic carbocycles. The molecule has 2 fully saturated rings. The average Bonchev–Trinajstić information content (AvgIpc) is 3.19. The minimum atomic E-state index is 0.527. The lowest BCUT2D eigenvalue weighted by atomic mass is 9.95. The lowest BCUT2D eigenvalue weighted by molar-refractivity contribution is 0.201. The molecule has 0 aromatic carbocycles. The van der Waals surface area contributed by atoms with Gasteiger partial charge < -0.3 is 14.3 Å². The number of nitrogens with one attached hydrogen (secondary N) is 1. The van der Waals surface area contributed by atoms with Crippen molar-refractivity contribution < 1.29 is 8.94 Å². The van der Waals surface area contributed by atoms with E-state index in [1.54, 1.807) is 6.26 Å². The number of fused-ring (bicyclic) bond motifs is 1. The predicted molar refractivity (Wildman–Crippen MR) is 71.7 cm³/mol. The SMILES string of the molecule is CC1C2CNCC2CN1Cc1nc(-c2ccco2)no1. The summed E-state index contributed by atoms with van der Waals surface area (Å²) in [7, 11) is 0. The van der Waals surface area contributed by atoms with E-state index < -0.39 is 0 Å². The van der Waals surface area contributed by atoms with Gasteiger partial charge in [0.05, 0.1) is 12.8 Å². The van der Waals surface area contributed by atoms with Crippen LogP contribution in [0.4, 0.5) is 0 Å². The Morgan fingerprint density at radius 1 is 1.45 bits per heavy atom. The molecule has 6 heteroatoms. The third-order valence-electron chi connectivity index (χ3n) is 4.60. The van der Waals surface area contributed by atoms with E-state index in [-0.39, 0.29) is 0 Å². The van der Waals surface area contributed by atoms with Crippen molar-refractivity contribution in [2.24, 2.45) is 11.8 Å². The van der Waals surface area contributed by atoms with Crippen molar-refractivity contribution in [3.05, 3.63) is 24.3 Å². The number of rotatable bonds is 3. The average molecular weight is 274 g/mol. The molecule has 4 rings (SSSR count). The van der Waals surface area contributed by atoms with Crippen molar-refractivity contribution in [2.45, 2.75) is 19.5 Å². The third kappa shape index (κ3) is 1.96. The summed E-state index contributed by atoms with van der Waals surface area (Å²) in [6, 6.07) is 4.22. The van der Waals surface area contributed by atoms with Crippen molar-refractivity contribution >= 4 is 0 Å². The van der Waals surface area contributed by atoms with Crippen LogP contribution in [-0.2, 0) is 6.54 Å². The molecule has 0 amide bonds. The molecule has 0 bridgehead atoms. The molecule has 4 heterocycles. The zero-order valence-corrected chi connectivity index (χ0v) is 11.5. The van der Waals surface area contributed by atoms with Crippen LogP contribution in [0.1, 0.15) is 12.8 Å². The molecule has 2 aliphatic rings. The Kier molecular flexibility index (Phi) is 2.85. The lowest BCUT2D eigenvalue weighted by Crippen LogP contribution is -2.32. The summed E-state index contributed by atoms with van der Waals surface area (Å²) in [6.45, 7) is 6.39. The normalized spacial score (nSPS) is 29.9. The summed E-state index contributed by atoms with van der Waals surface area (Å²) < 4.78 is 10.6. The zero-order chi connectivity index (χ0) is 13.5. The molecule has 20 heavy (non-hydrogen) atoms. The molecule has 2 aliphatic heterocycles. The maximum atomic E-state index is 5.34. The van der Waals surface area contributed by atoms with Crippen LogP contribution in [0, 0.1) is 11.8 Å². The fraction of sp³-hybridized carbons (Fsp3) is 0.571. The van der Waals surface area contributed by atoms with Crippen LogP contribution in [0.15, 0.2) is 27.3 Å². The Hall–Kier alpha value is -1.66. The zero-order valence-electron chi connectivity index (χ0n) is 11.5. The van der Waals surface area contributed by atoms with E-state index in [0.29, 0.717) is 23.5 Å². The van der Waals surface area contributed by atoms with Gasteiger partial charge in [-0.2, -0.15) is 4.98 Å². The van der Waals surface area contributed by atoms with Gasteiger partial charge in [0.1, 0.15) is 0 Å². The number of nitrogens with zero attached hydrogens (tertiary/aromatic N) is 3. The first-order valence-electron chi connectivity index (χ1n) is 7.12. The number of hydrogen-bond donors (Lipinski definition) is 1. The molecule has 3 unspecified atom stereocenters. The Bertz CT molecular complexity index is 580. The van der Waals surface area contributed by atoms with E-state index in [1.165, 1.54) is 0 Å². The first kappa shape index (κ1) is 12.1. The van der Waals surface area contributed by atoms with E-state index in [2.05, 4.69) is 27.3 Å². The molecule has 0 radical (unpaired) electrons. The van der Waals surface area contributed by atoms with Gasteiger partial charge in [-0.15, -0.1) is 0 Å². The summed E-state index contributed by atoms with van der Waals surface area (Å²) in [5.74, 6) is 3.35. The number of furan rings is 1. The van der Waals surface area contributed by atoms with Crippen LogP contribution in [0.2, 0.25) is 0 Å². The minimum Gasteiger partial charge on any atom is -0.461 e. The Labute approximate surface area is 117 Å². The third-order valence-corrected chi connectivity index (χ3v) is 4.60. The second kappa shape index (κ2) is 4.71. The van der Waals surface area contributed by atoms with Gasteiger partial charge >= 0.3 is 0 Å². The quantitative estimate of drug-likeness (QED) is 0.911. The van der Waals surface area contributed by atoms with E-state index in [9.17, 15) is 0 Å². The fourth-order valence-electron chi connectivity index (χ4n) is 3.46. The van der Waals surface area contributed by atoms with E-state index in [1.807, 2.05) is 12.1 Å². The highest BCUT2D eigenvalue weighted by Gasteiger charge is 2.42. The van der Waals surface area contributed by atoms with Gasteiger partial charge in [-0.3, -0.25) is 4.90 Å². The van der Waals surface area contributed by atoms with Gasteiger partial charge in [0.15, 0.2) is 5.76 Å². The molecule has 2 saturated heterocycles. The van der Waals surface area contributed by atoms with Gasteiger partial charge in [0, 0.05) is 12.6 Å². The van der Waals surface area contributed by atoms with Crippen molar-refractivity contribution in [1.29, 1.82) is 0 Å². The van der Waals surface area contributed by atoms with Crippen molar-refractivity contribution in [3.8, 4) is 11.6 Å². The van der Waals surface area contributed by atoms with Gasteiger partial charge in [-0.25, -0.2) is 0 Å². The molecule has 1 N–H and O–H groups in total. The van der Waals surface area contributed by atoms with Crippen LogP contribution < -0.4 is 5.32 Å². The van der Waals surface area contributed by atoms with Crippen LogP contribution in [0.5, 0.6) is 0 Å². The smallest absolute Gasteiger partial charge is 0.241 e. The first-order chi connectivity index (χ1) is 9.81. The summed E-state index contributed by atoms with van der Waals surface area (Å²) in [4.78, 5) is 6.86. The maximum absolute atomic E-state index is 5.34. The van der Waals surface area contributed by atoms with Gasteiger partial charge in [0.2, 0.25) is 11.7 Å². The van der Waals surface area contributed by atoms with Crippen molar-refractivity contribution in [2.75, 3.05) is 19.6 Å². The summed E-state index contributed by atoms with van der Waals surface area (Å²) >= 11 is 0. The molecule has 0 spiro atoms. The number of likely N-dealkylation sites (tertiary alicyclic amines) is 1. The van der Waals surface area contributed by atoms with Crippen LogP contribution in [-0.4, -0.2) is 40.7 Å². The topological polar surface area (TPSA) is 67.3 Å². The molecule has 2 aromatic heterocycles. The molecule has 0 saturated carbocycles. The highest BCUT2D eigenvalue weighted by atomic mass is 16.5. The number of aromatic nitrogens is 2. The van der Waals surface area contributed by atoms with Crippen LogP contribution >= 0.6 is 0 Å². The second-order valence-corrected chi connectivity index (χ2v) is 5.74. The van der Waals surface area contributed by atoms with E-state index in [0.717, 1.165) is 38.0 Å². The van der Waals surface area contributed by atoms with Crippen molar-refractivity contribution in [3.63, 3.8) is 0 Å². The fourth-order valence-corrected chi connectivity index (χ4v) is 3.46. The Morgan fingerprint density at radius 3 is 3.20 bits per heavy atom. The second-order valence-electron chi connectivity index (χ2n) is 5.74. The maximum Gasteiger partial charge on any atom is 0.241 e. The summed E-state index contributed by atoms with van der Waals surface area (Å²) in [6.07, 6.45) is 1.61. The summed E-state index contributed by atoms with van der Waals surface area (Å²) in [5, 5.41) is 7.45. The van der Waals surface area contributed by atoms with Crippen LogP contribution in [0.3, 0.4) is 0 Å². The molecule has 3 atom stereocenters. The van der Waals surface area contributed by atoms with E-state index in [4.69, 9.17) is 8.94 Å². The highest BCUT2D eigenvalue weighted by Crippen LogP contribution is 2.33. The molecule has 6 nitrogen and oxygen atoms in total. The van der Waals surface area contributed by atoms with Crippen LogP contribution in [0.25, 0.3) is 11.6 Å². The lowest BCUT2D eigenvalue weighted by Gasteiger charge is -2.22. The highest BCUT2D eigenvalue weighted by molar-refractivity contribution is 5.44. The standard InChI is InChI=1S/C14H18N4O2/c1-9-11-6-15-5-10(11)7-18(9)8-13-16-14(17-20-13)12-3-2-4-19-12/h2-4,9-11,15H,5-8H2,1H3. The van der Waals surface area contributed by atoms with Gasteiger partial charge in [0.25, 0.3) is 0 Å². The largest absolute Gasteiger partial charge is 0.461 e. The van der Waals surface area contributed by atoms with Gasteiger partial charge in [-0.1, -0.05) is 5.16 Å².